The maximum Gasteiger partial charge on any atom is 0.319 e. The third-order valence-corrected chi connectivity index (χ3v) is 3.06. The van der Waals surface area contributed by atoms with Crippen LogP contribution < -0.4 is 0 Å². The Labute approximate surface area is 102 Å². The van der Waals surface area contributed by atoms with Crippen LogP contribution in [0, 0.1) is 0 Å². The zero-order valence-corrected chi connectivity index (χ0v) is 11.0. The van der Waals surface area contributed by atoms with Crippen LogP contribution in [0.1, 0.15) is 26.0 Å². The smallest absolute Gasteiger partial charge is 0.319 e. The van der Waals surface area contributed by atoms with Gasteiger partial charge in [0.05, 0.1) is 25.7 Å². The number of rotatable bonds is 6. The molecular weight excluding hydrogens is 218 g/mol. The van der Waals surface area contributed by atoms with Gasteiger partial charge in [-0.1, -0.05) is 6.92 Å². The predicted molar refractivity (Wildman–Crippen MR) is 65.4 cm³/mol. The van der Waals surface area contributed by atoms with Crippen LogP contribution in [0.2, 0.25) is 0 Å². The van der Waals surface area contributed by atoms with Crippen molar-refractivity contribution in [3.05, 3.63) is 18.2 Å². The second kappa shape index (κ2) is 6.39. The van der Waals surface area contributed by atoms with Crippen LogP contribution in [-0.4, -0.2) is 40.1 Å². The minimum Gasteiger partial charge on any atom is -0.468 e. The maximum atomic E-state index is 11.4. The summed E-state index contributed by atoms with van der Waals surface area (Å²) in [6, 6.07) is 0.337. The molecule has 0 radical (unpaired) electrons. The first kappa shape index (κ1) is 13.7. The molecule has 0 bridgehead atoms. The van der Waals surface area contributed by atoms with Gasteiger partial charge >= 0.3 is 5.97 Å². The quantitative estimate of drug-likeness (QED) is 0.700. The summed E-state index contributed by atoms with van der Waals surface area (Å²) in [6.07, 6.45) is 4.59. The molecule has 0 aliphatic carbocycles. The maximum absolute atomic E-state index is 11.4. The first-order chi connectivity index (χ1) is 8.08. The summed E-state index contributed by atoms with van der Waals surface area (Å²) in [5.41, 5.74) is 1.09. The number of nitrogens with zero attached hydrogens (tertiary/aromatic N) is 3. The number of aryl methyl sites for hydroxylation is 1. The Morgan fingerprint density at radius 2 is 2.35 bits per heavy atom. The molecule has 0 saturated carbocycles. The summed E-state index contributed by atoms with van der Waals surface area (Å²) in [5, 5.41) is 0. The monoisotopic (exact) mass is 239 g/mol. The molecule has 0 saturated heterocycles. The number of aromatic nitrogens is 2. The van der Waals surface area contributed by atoms with Crippen molar-refractivity contribution in [2.45, 2.75) is 32.9 Å². The van der Waals surface area contributed by atoms with Crippen molar-refractivity contribution in [1.29, 1.82) is 0 Å². The minimum absolute atomic E-state index is 0.201. The lowest BCUT2D eigenvalue weighted by molar-refractivity contribution is -0.142. The van der Waals surface area contributed by atoms with E-state index in [0.717, 1.165) is 12.1 Å². The Morgan fingerprint density at radius 1 is 1.65 bits per heavy atom. The molecule has 0 unspecified atom stereocenters. The van der Waals surface area contributed by atoms with Crippen molar-refractivity contribution in [3.63, 3.8) is 0 Å². The fourth-order valence-corrected chi connectivity index (χ4v) is 1.60. The Morgan fingerprint density at radius 3 is 2.82 bits per heavy atom. The van der Waals surface area contributed by atoms with Crippen LogP contribution in [0.25, 0.3) is 0 Å². The number of methoxy groups -OCH3 is 1. The minimum atomic E-state index is -0.201. The molecule has 0 aromatic carbocycles. The molecule has 5 nitrogen and oxygen atoms in total. The first-order valence-corrected chi connectivity index (χ1v) is 5.84. The topological polar surface area (TPSA) is 47.4 Å². The van der Waals surface area contributed by atoms with E-state index >= 15 is 0 Å². The normalized spacial score (nSPS) is 12.8. The summed E-state index contributed by atoms with van der Waals surface area (Å²) >= 11 is 0. The molecule has 0 spiro atoms. The Balaban J connectivity index is 2.70. The lowest BCUT2D eigenvalue weighted by Crippen LogP contribution is -2.37. The van der Waals surface area contributed by atoms with Crippen LogP contribution in [0.3, 0.4) is 0 Å². The second-order valence-corrected chi connectivity index (χ2v) is 4.23. The third-order valence-electron chi connectivity index (χ3n) is 3.06. The van der Waals surface area contributed by atoms with E-state index in [1.54, 1.807) is 6.33 Å². The van der Waals surface area contributed by atoms with Crippen molar-refractivity contribution in [1.82, 2.24) is 14.5 Å². The summed E-state index contributed by atoms with van der Waals surface area (Å²) in [6.45, 7) is 5.24. The number of ether oxygens (including phenoxy) is 1. The molecule has 1 aromatic rings. The van der Waals surface area contributed by atoms with Gasteiger partial charge in [-0.05, 0) is 13.3 Å². The molecule has 0 fully saturated rings. The zero-order valence-electron chi connectivity index (χ0n) is 11.0. The van der Waals surface area contributed by atoms with Crippen molar-refractivity contribution in [2.75, 3.05) is 13.7 Å². The number of hydrogen-bond acceptors (Lipinski definition) is 4. The highest BCUT2D eigenvalue weighted by atomic mass is 16.5. The average molecular weight is 239 g/mol. The summed E-state index contributed by atoms with van der Waals surface area (Å²) in [4.78, 5) is 17.5. The van der Waals surface area contributed by atoms with E-state index in [-0.39, 0.29) is 5.97 Å². The van der Waals surface area contributed by atoms with Crippen molar-refractivity contribution in [3.8, 4) is 0 Å². The van der Waals surface area contributed by atoms with E-state index in [0.29, 0.717) is 19.1 Å². The third kappa shape index (κ3) is 3.85. The summed E-state index contributed by atoms with van der Waals surface area (Å²) in [5.74, 6) is -0.201. The van der Waals surface area contributed by atoms with Gasteiger partial charge in [0.25, 0.3) is 0 Å². The Kier molecular flexibility index (Phi) is 5.15. The van der Waals surface area contributed by atoms with E-state index < -0.39 is 0 Å². The molecule has 0 amide bonds. The summed E-state index contributed by atoms with van der Waals surface area (Å²) < 4.78 is 6.69. The van der Waals surface area contributed by atoms with E-state index in [1.807, 2.05) is 17.8 Å². The number of imidazole rings is 1. The van der Waals surface area contributed by atoms with E-state index in [1.165, 1.54) is 7.11 Å². The van der Waals surface area contributed by atoms with E-state index in [9.17, 15) is 4.79 Å². The second-order valence-electron chi connectivity index (χ2n) is 4.23. The number of carbonyl (C=O) groups excluding carboxylic acids is 1. The molecule has 0 aliphatic heterocycles. The predicted octanol–water partition coefficient (Wildman–Crippen LogP) is 1.19. The van der Waals surface area contributed by atoms with Crippen molar-refractivity contribution >= 4 is 5.97 Å². The molecule has 5 heteroatoms. The van der Waals surface area contributed by atoms with Crippen LogP contribution in [-0.2, 0) is 23.1 Å². The number of esters is 1. The van der Waals surface area contributed by atoms with Gasteiger partial charge in [-0.25, -0.2) is 4.98 Å². The van der Waals surface area contributed by atoms with Gasteiger partial charge in [0.2, 0.25) is 0 Å². The van der Waals surface area contributed by atoms with Crippen LogP contribution in [0.5, 0.6) is 0 Å². The molecule has 1 aromatic heterocycles. The Bertz CT molecular complexity index is 362. The molecule has 1 rings (SSSR count). The van der Waals surface area contributed by atoms with Crippen LogP contribution in [0.15, 0.2) is 12.5 Å². The lowest BCUT2D eigenvalue weighted by atomic mass is 10.2. The van der Waals surface area contributed by atoms with Gasteiger partial charge < -0.3 is 9.30 Å². The standard InChI is InChI=1S/C12H21N3O2/c1-5-10(2)15(8-12(16)17-4)7-11-6-13-9-14(11)3/h6,9-10H,5,7-8H2,1-4H3/t10-/m1/s1. The highest BCUT2D eigenvalue weighted by Crippen LogP contribution is 2.09. The molecule has 17 heavy (non-hydrogen) atoms. The van der Waals surface area contributed by atoms with Gasteiger partial charge in [0.1, 0.15) is 0 Å². The molecule has 1 atom stereocenters. The van der Waals surface area contributed by atoms with Gasteiger partial charge in [-0.15, -0.1) is 0 Å². The molecule has 0 N–H and O–H groups in total. The lowest BCUT2D eigenvalue weighted by Gasteiger charge is -2.27. The number of hydrogen-bond donors (Lipinski definition) is 0. The van der Waals surface area contributed by atoms with Gasteiger partial charge in [-0.3, -0.25) is 9.69 Å². The van der Waals surface area contributed by atoms with Gasteiger partial charge in [0.15, 0.2) is 0 Å². The summed E-state index contributed by atoms with van der Waals surface area (Å²) in [7, 11) is 3.37. The molecule has 0 aliphatic rings. The van der Waals surface area contributed by atoms with Crippen molar-refractivity contribution < 1.29 is 9.53 Å². The highest BCUT2D eigenvalue weighted by molar-refractivity contribution is 5.71. The molecule has 96 valence electrons. The fraction of sp³-hybridized carbons (Fsp3) is 0.667. The van der Waals surface area contributed by atoms with Crippen LogP contribution in [0.4, 0.5) is 0 Å². The largest absolute Gasteiger partial charge is 0.468 e. The van der Waals surface area contributed by atoms with Gasteiger partial charge in [-0.2, -0.15) is 0 Å². The van der Waals surface area contributed by atoms with Crippen molar-refractivity contribution in [2.24, 2.45) is 7.05 Å². The van der Waals surface area contributed by atoms with E-state index in [4.69, 9.17) is 4.74 Å². The SMILES string of the molecule is CC[C@@H](C)N(CC(=O)OC)Cc1cncn1C. The fourth-order valence-electron chi connectivity index (χ4n) is 1.60. The first-order valence-electron chi connectivity index (χ1n) is 5.84. The Hall–Kier alpha value is -1.36. The van der Waals surface area contributed by atoms with Gasteiger partial charge in [0, 0.05) is 25.8 Å². The number of carbonyl (C=O) groups is 1. The average Bonchev–Trinajstić information content (AvgIpc) is 2.73. The van der Waals surface area contributed by atoms with Crippen LogP contribution >= 0.6 is 0 Å². The van der Waals surface area contributed by atoms with E-state index in [2.05, 4.69) is 23.7 Å². The highest BCUT2D eigenvalue weighted by Gasteiger charge is 2.17. The zero-order chi connectivity index (χ0) is 12.8. The molecule has 1 heterocycles. The molecular formula is C12H21N3O2.